The molecule has 10 heteroatoms. The molecular weight excluding hydrogens is 400 g/mol. The highest BCUT2D eigenvalue weighted by Crippen LogP contribution is 2.26. The molecule has 3 aromatic rings. The molecule has 1 aliphatic rings. The van der Waals surface area contributed by atoms with Gasteiger partial charge in [0.1, 0.15) is 17.2 Å². The number of aromatic nitrogens is 4. The molecule has 31 heavy (non-hydrogen) atoms. The summed E-state index contributed by atoms with van der Waals surface area (Å²) in [5.74, 6) is 0.383. The SMILES string of the molecule is COc1ccnc(Nc2cc3n(CC(C)(C)C)c(=O)c(C(=O)NC4CC4)c(O)n3n2)c1. The molecule has 164 valence electrons. The summed E-state index contributed by atoms with van der Waals surface area (Å²) in [6.45, 7) is 6.30. The lowest BCUT2D eigenvalue weighted by atomic mass is 9.97. The van der Waals surface area contributed by atoms with Crippen LogP contribution in [0.1, 0.15) is 44.0 Å². The van der Waals surface area contributed by atoms with E-state index in [0.717, 1.165) is 12.8 Å². The van der Waals surface area contributed by atoms with E-state index in [2.05, 4.69) is 20.7 Å². The Morgan fingerprint density at radius 2 is 2.03 bits per heavy atom. The van der Waals surface area contributed by atoms with Crippen LogP contribution < -0.4 is 20.9 Å². The van der Waals surface area contributed by atoms with Crippen molar-refractivity contribution < 1.29 is 14.6 Å². The number of carbonyl (C=O) groups is 1. The number of hydrogen-bond donors (Lipinski definition) is 3. The molecule has 3 N–H and O–H groups in total. The van der Waals surface area contributed by atoms with Gasteiger partial charge in [-0.3, -0.25) is 14.2 Å². The third-order valence-electron chi connectivity index (χ3n) is 4.85. The Labute approximate surface area is 178 Å². The summed E-state index contributed by atoms with van der Waals surface area (Å²) < 4.78 is 7.88. The number of ether oxygens (including phenoxy) is 1. The Kier molecular flexibility index (Phi) is 5.08. The molecular formula is C21H26N6O4. The maximum Gasteiger partial charge on any atom is 0.270 e. The molecule has 0 spiro atoms. The molecule has 0 radical (unpaired) electrons. The van der Waals surface area contributed by atoms with Gasteiger partial charge in [-0.15, -0.1) is 5.10 Å². The van der Waals surface area contributed by atoms with E-state index in [1.807, 2.05) is 20.8 Å². The monoisotopic (exact) mass is 426 g/mol. The van der Waals surface area contributed by atoms with E-state index in [0.29, 0.717) is 29.6 Å². The Morgan fingerprint density at radius 1 is 1.29 bits per heavy atom. The molecule has 1 fully saturated rings. The van der Waals surface area contributed by atoms with Crippen LogP contribution in [0.15, 0.2) is 29.2 Å². The molecule has 1 saturated carbocycles. The molecule has 10 nitrogen and oxygen atoms in total. The van der Waals surface area contributed by atoms with E-state index >= 15 is 0 Å². The van der Waals surface area contributed by atoms with E-state index in [9.17, 15) is 14.7 Å². The molecule has 3 aromatic heterocycles. The fraction of sp³-hybridized carbons (Fsp3) is 0.429. The van der Waals surface area contributed by atoms with Crippen LogP contribution in [0.5, 0.6) is 11.6 Å². The van der Waals surface area contributed by atoms with Crippen molar-refractivity contribution in [3.8, 4) is 11.6 Å². The number of methoxy groups -OCH3 is 1. The zero-order valence-corrected chi connectivity index (χ0v) is 18.0. The first-order valence-electron chi connectivity index (χ1n) is 10.1. The van der Waals surface area contributed by atoms with Gasteiger partial charge in [0, 0.05) is 30.9 Å². The van der Waals surface area contributed by atoms with Crippen molar-refractivity contribution in [2.24, 2.45) is 5.41 Å². The molecule has 3 heterocycles. The predicted molar refractivity (Wildman–Crippen MR) is 115 cm³/mol. The Morgan fingerprint density at radius 3 is 2.68 bits per heavy atom. The van der Waals surface area contributed by atoms with Gasteiger partial charge in [-0.1, -0.05) is 20.8 Å². The second-order valence-electron chi connectivity index (χ2n) is 8.90. The molecule has 0 aliphatic heterocycles. The summed E-state index contributed by atoms with van der Waals surface area (Å²) in [7, 11) is 1.56. The smallest absolute Gasteiger partial charge is 0.270 e. The number of anilines is 2. The number of pyridine rings is 1. The zero-order valence-electron chi connectivity index (χ0n) is 18.0. The summed E-state index contributed by atoms with van der Waals surface area (Å²) in [5, 5.41) is 21.0. The number of aromatic hydroxyl groups is 1. The van der Waals surface area contributed by atoms with Crippen LogP contribution in [-0.4, -0.2) is 43.3 Å². The number of carbonyl (C=O) groups excluding carboxylic acids is 1. The third kappa shape index (κ3) is 4.32. The number of nitrogens with one attached hydrogen (secondary N) is 2. The highest BCUT2D eigenvalue weighted by atomic mass is 16.5. The van der Waals surface area contributed by atoms with Crippen LogP contribution >= 0.6 is 0 Å². The summed E-state index contributed by atoms with van der Waals surface area (Å²) >= 11 is 0. The minimum Gasteiger partial charge on any atom is -0.497 e. The standard InChI is InChI=1S/C21H26N6O4/c1-21(2,3)11-26-16-10-15(24-14-9-13(31-4)7-8-22-14)25-27(16)20(30)17(19(26)29)18(28)23-12-5-6-12/h7-10,12,30H,5-6,11H2,1-4H3,(H,23,28)(H,22,24,25). The maximum atomic E-state index is 13.2. The zero-order chi connectivity index (χ0) is 22.3. The first-order chi connectivity index (χ1) is 14.7. The second-order valence-corrected chi connectivity index (χ2v) is 8.90. The van der Waals surface area contributed by atoms with Crippen molar-refractivity contribution in [2.45, 2.75) is 46.2 Å². The fourth-order valence-corrected chi connectivity index (χ4v) is 3.27. The fourth-order valence-electron chi connectivity index (χ4n) is 3.27. The Hall–Kier alpha value is -3.56. The van der Waals surface area contributed by atoms with Gasteiger partial charge in [-0.05, 0) is 24.3 Å². The van der Waals surface area contributed by atoms with Crippen molar-refractivity contribution in [1.29, 1.82) is 0 Å². The van der Waals surface area contributed by atoms with E-state index in [1.54, 1.807) is 31.5 Å². The lowest BCUT2D eigenvalue weighted by molar-refractivity contribution is 0.0944. The summed E-state index contributed by atoms with van der Waals surface area (Å²) in [4.78, 5) is 30.2. The number of fused-ring (bicyclic) bond motifs is 1. The highest BCUT2D eigenvalue weighted by Gasteiger charge is 2.30. The average Bonchev–Trinajstić information content (AvgIpc) is 3.41. The first-order valence-corrected chi connectivity index (χ1v) is 10.1. The average molecular weight is 426 g/mol. The van der Waals surface area contributed by atoms with Crippen LogP contribution in [0.2, 0.25) is 0 Å². The molecule has 0 saturated heterocycles. The van der Waals surface area contributed by atoms with Gasteiger partial charge in [-0.25, -0.2) is 4.98 Å². The van der Waals surface area contributed by atoms with Crippen molar-refractivity contribution >= 4 is 23.2 Å². The number of rotatable bonds is 6. The lowest BCUT2D eigenvalue weighted by Crippen LogP contribution is -2.37. The molecule has 0 unspecified atom stereocenters. The van der Waals surface area contributed by atoms with E-state index in [-0.39, 0.29) is 17.0 Å². The van der Waals surface area contributed by atoms with Crippen LogP contribution in [0, 0.1) is 5.41 Å². The molecule has 1 amide bonds. The third-order valence-corrected chi connectivity index (χ3v) is 4.85. The quantitative estimate of drug-likeness (QED) is 0.553. The molecule has 0 aromatic carbocycles. The molecule has 0 atom stereocenters. The summed E-state index contributed by atoms with van der Waals surface area (Å²) in [5.41, 5.74) is -0.745. The second kappa shape index (κ2) is 7.60. The van der Waals surface area contributed by atoms with Gasteiger partial charge >= 0.3 is 0 Å². The molecule has 1 aliphatic carbocycles. The van der Waals surface area contributed by atoms with Crippen LogP contribution in [0.3, 0.4) is 0 Å². The summed E-state index contributed by atoms with van der Waals surface area (Å²) in [6.07, 6.45) is 3.33. The maximum absolute atomic E-state index is 13.2. The first kappa shape index (κ1) is 20.7. The lowest BCUT2D eigenvalue weighted by Gasteiger charge is -2.21. The minimum absolute atomic E-state index is 0.0482. The van der Waals surface area contributed by atoms with E-state index < -0.39 is 17.3 Å². The Bertz CT molecular complexity index is 1200. The van der Waals surface area contributed by atoms with Crippen LogP contribution in [-0.2, 0) is 6.54 Å². The van der Waals surface area contributed by atoms with Gasteiger partial charge in [0.2, 0.25) is 5.88 Å². The van der Waals surface area contributed by atoms with Crippen molar-refractivity contribution in [3.05, 3.63) is 40.3 Å². The normalized spacial score (nSPS) is 13.9. The topological polar surface area (TPSA) is 123 Å². The number of nitrogens with zero attached hydrogens (tertiary/aromatic N) is 4. The van der Waals surface area contributed by atoms with Crippen molar-refractivity contribution in [3.63, 3.8) is 0 Å². The van der Waals surface area contributed by atoms with Crippen molar-refractivity contribution in [2.75, 3.05) is 12.4 Å². The van der Waals surface area contributed by atoms with Gasteiger partial charge in [0.25, 0.3) is 11.5 Å². The van der Waals surface area contributed by atoms with Crippen molar-refractivity contribution in [1.82, 2.24) is 24.5 Å². The molecule has 4 rings (SSSR count). The van der Waals surface area contributed by atoms with Gasteiger partial charge in [0.15, 0.2) is 11.4 Å². The number of amides is 1. The van der Waals surface area contributed by atoms with E-state index in [1.165, 1.54) is 9.08 Å². The number of hydrogen-bond acceptors (Lipinski definition) is 7. The largest absolute Gasteiger partial charge is 0.497 e. The predicted octanol–water partition coefficient (Wildman–Crippen LogP) is 2.29. The minimum atomic E-state index is -0.589. The van der Waals surface area contributed by atoms with Gasteiger partial charge in [0.05, 0.1) is 7.11 Å². The summed E-state index contributed by atoms with van der Waals surface area (Å²) in [6, 6.07) is 5.09. The Balaban J connectivity index is 1.83. The van der Waals surface area contributed by atoms with Crippen LogP contribution in [0.25, 0.3) is 5.65 Å². The van der Waals surface area contributed by atoms with Gasteiger partial charge in [-0.2, -0.15) is 4.52 Å². The van der Waals surface area contributed by atoms with Crippen LogP contribution in [0.4, 0.5) is 11.6 Å². The van der Waals surface area contributed by atoms with Gasteiger partial charge < -0.3 is 20.5 Å². The molecule has 0 bridgehead atoms. The van der Waals surface area contributed by atoms with E-state index in [4.69, 9.17) is 4.74 Å². The highest BCUT2D eigenvalue weighted by molar-refractivity contribution is 5.96.